The predicted octanol–water partition coefficient (Wildman–Crippen LogP) is 8.47. The Morgan fingerprint density at radius 3 is 2.26 bits per heavy atom. The Kier molecular flexibility index (Phi) is 12.7. The van der Waals surface area contributed by atoms with Crippen LogP contribution in [0, 0.1) is 29.1 Å². The molecule has 0 radical (unpaired) electrons. The Balaban J connectivity index is 0.000000947. The Hall–Kier alpha value is -3.78. The lowest BCUT2D eigenvalue weighted by molar-refractivity contribution is -0.237. The molecular formula is C39H53NO7. The molecule has 3 heterocycles. The van der Waals surface area contributed by atoms with E-state index in [1.807, 2.05) is 54.5 Å². The molecule has 2 aromatic heterocycles. The van der Waals surface area contributed by atoms with Gasteiger partial charge in [-0.15, -0.1) is 0 Å². The van der Waals surface area contributed by atoms with Gasteiger partial charge in [0.05, 0.1) is 11.7 Å². The van der Waals surface area contributed by atoms with Crippen molar-refractivity contribution in [3.8, 4) is 17.1 Å². The molecule has 8 unspecified atom stereocenters. The minimum absolute atomic E-state index is 0.00769. The number of Topliss-reactive ketones (excluding diaryl/α,β-unsaturated/α-hetero) is 1. The number of hydrogen-bond donors (Lipinski definition) is 1. The molecule has 0 amide bonds. The number of fused-ring (bicyclic) bond motifs is 4. The van der Waals surface area contributed by atoms with Gasteiger partial charge in [0.25, 0.3) is 0 Å². The van der Waals surface area contributed by atoms with Gasteiger partial charge in [-0.2, -0.15) is 0 Å². The summed E-state index contributed by atoms with van der Waals surface area (Å²) in [7, 11) is 0. The van der Waals surface area contributed by atoms with E-state index in [0.29, 0.717) is 30.4 Å². The van der Waals surface area contributed by atoms with Gasteiger partial charge >= 0.3 is 11.6 Å². The highest BCUT2D eigenvalue weighted by Crippen LogP contribution is 2.65. The van der Waals surface area contributed by atoms with Crippen LogP contribution in [0.1, 0.15) is 111 Å². The van der Waals surface area contributed by atoms with E-state index in [1.165, 1.54) is 0 Å². The van der Waals surface area contributed by atoms with Gasteiger partial charge < -0.3 is 19.0 Å². The van der Waals surface area contributed by atoms with E-state index in [-0.39, 0.29) is 40.6 Å². The zero-order chi connectivity index (χ0) is 35.1. The van der Waals surface area contributed by atoms with E-state index < -0.39 is 40.7 Å². The number of aliphatic hydroxyl groups excluding tert-OH is 1. The van der Waals surface area contributed by atoms with Crippen LogP contribution in [-0.4, -0.2) is 33.5 Å². The summed E-state index contributed by atoms with van der Waals surface area (Å²) in [6.07, 6.45) is 3.04. The summed E-state index contributed by atoms with van der Waals surface area (Å²) >= 11 is 0. The molecule has 2 aliphatic carbocycles. The molecule has 0 bridgehead atoms. The van der Waals surface area contributed by atoms with Crippen LogP contribution in [0.2, 0.25) is 0 Å². The largest absolute Gasteiger partial charge is 0.482 e. The van der Waals surface area contributed by atoms with Gasteiger partial charge in [0.15, 0.2) is 0 Å². The molecular weight excluding hydrogens is 594 g/mol. The number of carbonyl (C=O) groups excluding carboxylic acids is 2. The lowest BCUT2D eigenvalue weighted by Gasteiger charge is -2.64. The molecule has 8 atom stereocenters. The first-order valence-corrected chi connectivity index (χ1v) is 17.3. The summed E-state index contributed by atoms with van der Waals surface area (Å²) in [5.41, 5.74) is -1.26. The van der Waals surface area contributed by atoms with Gasteiger partial charge in [0.1, 0.15) is 34.6 Å². The molecule has 1 N–H and O–H groups in total. The highest BCUT2D eigenvalue weighted by atomic mass is 16.6. The number of aromatic nitrogens is 1. The summed E-state index contributed by atoms with van der Waals surface area (Å²) in [5, 5.41) is 12.0. The number of carbonyl (C=O) groups is 2. The van der Waals surface area contributed by atoms with Crippen LogP contribution in [0.5, 0.6) is 5.75 Å². The molecule has 1 aromatic carbocycles. The number of ketones is 1. The summed E-state index contributed by atoms with van der Waals surface area (Å²) in [5.74, 6) is -0.659. The van der Waals surface area contributed by atoms with Crippen molar-refractivity contribution in [2.45, 2.75) is 106 Å². The molecule has 6 rings (SSSR count). The second-order valence-corrected chi connectivity index (χ2v) is 12.3. The van der Waals surface area contributed by atoms with E-state index in [0.717, 1.165) is 0 Å². The van der Waals surface area contributed by atoms with E-state index in [4.69, 9.17) is 13.9 Å². The van der Waals surface area contributed by atoms with Crippen molar-refractivity contribution in [1.29, 1.82) is 0 Å². The Bertz CT molecular complexity index is 1540. The van der Waals surface area contributed by atoms with Crippen molar-refractivity contribution in [2.24, 2.45) is 29.1 Å². The van der Waals surface area contributed by atoms with E-state index in [9.17, 15) is 19.5 Å². The smallest absolute Gasteiger partial charge is 0.345 e. The third-order valence-electron chi connectivity index (χ3n) is 10.2. The number of ether oxygens (including phenoxy) is 2. The van der Waals surface area contributed by atoms with Crippen molar-refractivity contribution in [3.63, 3.8) is 0 Å². The van der Waals surface area contributed by atoms with Gasteiger partial charge in [-0.3, -0.25) is 9.78 Å². The summed E-state index contributed by atoms with van der Waals surface area (Å²) in [6, 6.07) is 13.9. The quantitative estimate of drug-likeness (QED) is 0.280. The van der Waals surface area contributed by atoms with Crippen LogP contribution in [0.3, 0.4) is 0 Å². The van der Waals surface area contributed by atoms with Crippen LogP contribution in [0.4, 0.5) is 0 Å². The van der Waals surface area contributed by atoms with Crippen molar-refractivity contribution in [1.82, 2.24) is 4.98 Å². The molecule has 0 saturated heterocycles. The van der Waals surface area contributed by atoms with Crippen LogP contribution in [0.15, 0.2) is 70.1 Å². The first kappa shape index (κ1) is 37.7. The summed E-state index contributed by atoms with van der Waals surface area (Å²) in [4.78, 5) is 43.5. The summed E-state index contributed by atoms with van der Waals surface area (Å²) in [6.45, 7) is 19.7. The molecule has 2 fully saturated rings. The zero-order valence-corrected chi connectivity index (χ0v) is 29.7. The fraction of sp³-hybridized carbons (Fsp3) is 0.538. The molecule has 47 heavy (non-hydrogen) atoms. The van der Waals surface area contributed by atoms with E-state index in [1.54, 1.807) is 61.8 Å². The Labute approximate surface area is 279 Å². The molecule has 8 heteroatoms. The molecule has 1 aliphatic heterocycles. The maximum atomic E-state index is 13.4. The standard InChI is InChI=1S/C33H35NO7.3C2H6/c1-18-22(19(2)35)12-13-32(3)23(18)15-26(40-30(37)20-9-6-5-7-10-20)33(4)29(32)28(36)27-25(41-33)16-24(39-31(27)38)21-11-8-14-34-17-21;3*1-2/h5-11,14,16-18,22-23,26,28-29,36H,12-13,15H2,1-4H3;3*1-2H3. The molecule has 2 saturated carbocycles. The topological polar surface area (TPSA) is 116 Å². The fourth-order valence-electron chi connectivity index (χ4n) is 8.19. The molecule has 3 aliphatic rings. The molecule has 256 valence electrons. The number of rotatable bonds is 4. The predicted molar refractivity (Wildman–Crippen MR) is 184 cm³/mol. The minimum Gasteiger partial charge on any atom is -0.482 e. The molecule has 0 spiro atoms. The van der Waals surface area contributed by atoms with Gasteiger partial charge in [0.2, 0.25) is 0 Å². The van der Waals surface area contributed by atoms with Crippen molar-refractivity contribution in [2.75, 3.05) is 0 Å². The fourth-order valence-corrected chi connectivity index (χ4v) is 8.19. The number of benzene rings is 1. The SMILES string of the molecule is CC.CC.CC.CC(=O)C1CCC2(C)C(CC(OC(=O)c3ccccc3)C3(C)Oc4cc(-c5cccnc5)oc(=O)c4C(O)C23)C1C. The lowest BCUT2D eigenvalue weighted by Crippen LogP contribution is -2.69. The number of esters is 1. The van der Waals surface area contributed by atoms with Gasteiger partial charge in [-0.1, -0.05) is 73.6 Å². The highest BCUT2D eigenvalue weighted by molar-refractivity contribution is 5.89. The number of hydrogen-bond acceptors (Lipinski definition) is 8. The second-order valence-electron chi connectivity index (χ2n) is 12.3. The first-order chi connectivity index (χ1) is 22.5. The Morgan fingerprint density at radius 2 is 1.66 bits per heavy atom. The average Bonchev–Trinajstić information content (AvgIpc) is 3.08. The van der Waals surface area contributed by atoms with E-state index >= 15 is 0 Å². The monoisotopic (exact) mass is 647 g/mol. The molecule has 3 aromatic rings. The number of pyridine rings is 1. The van der Waals surface area contributed by atoms with Crippen molar-refractivity contribution in [3.05, 3.63) is 82.5 Å². The second kappa shape index (κ2) is 15.9. The van der Waals surface area contributed by atoms with Crippen LogP contribution in [0.25, 0.3) is 11.3 Å². The first-order valence-electron chi connectivity index (χ1n) is 17.3. The van der Waals surface area contributed by atoms with Gasteiger partial charge in [0, 0.05) is 35.9 Å². The normalized spacial score (nSPS) is 29.9. The minimum atomic E-state index is -1.23. The van der Waals surface area contributed by atoms with Crippen LogP contribution in [-0.2, 0) is 9.53 Å². The summed E-state index contributed by atoms with van der Waals surface area (Å²) < 4.78 is 18.6. The zero-order valence-electron chi connectivity index (χ0n) is 29.7. The third-order valence-corrected chi connectivity index (χ3v) is 10.2. The Morgan fingerprint density at radius 1 is 1.00 bits per heavy atom. The number of nitrogens with zero attached hydrogens (tertiary/aromatic N) is 1. The van der Waals surface area contributed by atoms with Crippen molar-refractivity contribution >= 4 is 11.8 Å². The number of aliphatic hydroxyl groups is 1. The van der Waals surface area contributed by atoms with Crippen LogP contribution >= 0.6 is 0 Å². The van der Waals surface area contributed by atoms with E-state index in [2.05, 4.69) is 18.8 Å². The van der Waals surface area contributed by atoms with Crippen LogP contribution < -0.4 is 10.4 Å². The average molecular weight is 648 g/mol. The van der Waals surface area contributed by atoms with Gasteiger partial charge in [-0.05, 0) is 74.6 Å². The third kappa shape index (κ3) is 6.94. The lowest BCUT2D eigenvalue weighted by atomic mass is 9.45. The molecule has 8 nitrogen and oxygen atoms in total. The highest BCUT2D eigenvalue weighted by Gasteiger charge is 2.67. The van der Waals surface area contributed by atoms with Gasteiger partial charge in [-0.25, -0.2) is 9.59 Å². The van der Waals surface area contributed by atoms with Crippen molar-refractivity contribution < 1.29 is 28.6 Å². The maximum Gasteiger partial charge on any atom is 0.345 e. The maximum absolute atomic E-state index is 13.4.